The normalized spacial score (nSPS) is 16.3. The van der Waals surface area contributed by atoms with Gasteiger partial charge in [-0.15, -0.1) is 0 Å². The molecule has 4 aromatic heterocycles. The third-order valence-electron chi connectivity index (χ3n) is 14.8. The molecule has 20 aliphatic heterocycles. The summed E-state index contributed by atoms with van der Waals surface area (Å²) >= 11 is 0. The molecule has 0 unspecified atom stereocenters. The van der Waals surface area contributed by atoms with Gasteiger partial charge >= 0.3 is 66.0 Å². The topological polar surface area (TPSA) is 108 Å². The van der Waals surface area contributed by atoms with E-state index in [0.717, 1.165) is 70.7 Å². The largest absolute Gasteiger partial charge is 1.00 e. The Morgan fingerprint density at radius 2 is 0.461 bits per heavy atom. The molecule has 30 heteroatoms. The van der Waals surface area contributed by atoms with Crippen molar-refractivity contribution in [2.75, 3.05) is 106 Å². The zero-order valence-electron chi connectivity index (χ0n) is 55.0. The molecule has 14 nitrogen and oxygen atoms in total. The van der Waals surface area contributed by atoms with Crippen molar-refractivity contribution in [2.24, 2.45) is 0 Å². The second-order valence-corrected chi connectivity index (χ2v) is 26.8. The summed E-state index contributed by atoms with van der Waals surface area (Å²) in [7, 11) is -21.3. The first kappa shape index (κ1) is 81.7. The van der Waals surface area contributed by atoms with Gasteiger partial charge in [0.1, 0.15) is 49.4 Å². The zero-order valence-corrected chi connectivity index (χ0v) is 59.9. The number of rotatable bonds is 0. The third kappa shape index (κ3) is 32.4. The van der Waals surface area contributed by atoms with E-state index in [4.69, 9.17) is 47.4 Å². The van der Waals surface area contributed by atoms with Crippen LogP contribution in [-0.2, 0) is 54.6 Å². The van der Waals surface area contributed by atoms with E-state index in [1.165, 1.54) is 44.5 Å². The Balaban J connectivity index is 0.000000238. The summed E-state index contributed by atoms with van der Waals surface area (Å²) < 4.78 is 185. The number of nitrogens with zero attached hydrogens (tertiary/aromatic N) is 4. The molecule has 0 saturated carbocycles. The molecule has 20 aliphatic rings. The number of ether oxygens (including phenoxy) is 10. The summed E-state index contributed by atoms with van der Waals surface area (Å²) in [4.78, 5) is 0. The molecule has 0 radical (unpaired) electrons. The van der Waals surface area contributed by atoms with E-state index in [1.54, 1.807) is 0 Å². The number of aromatic nitrogens is 4. The van der Waals surface area contributed by atoms with Crippen LogP contribution in [0.3, 0.4) is 0 Å². The van der Waals surface area contributed by atoms with Crippen molar-refractivity contribution in [2.45, 2.75) is 26.2 Å². The molecule has 0 aliphatic carbocycles. The Labute approximate surface area is 602 Å². The van der Waals surface area contributed by atoms with Crippen LogP contribution in [0.4, 0.5) is 50.4 Å². The first-order valence-corrected chi connectivity index (χ1v) is 35.8. The third-order valence-corrected chi connectivity index (χ3v) is 14.8. The Kier molecular flexibility index (Phi) is 29.0. The van der Waals surface area contributed by atoms with Crippen molar-refractivity contribution in [1.29, 1.82) is 0 Å². The average molecular weight is 1610 g/mol. The van der Waals surface area contributed by atoms with Gasteiger partial charge < -0.3 is 81.3 Å². The predicted molar refractivity (Wildman–Crippen MR) is 356 cm³/mol. The molecule has 0 N–H and O–H groups in total. The fraction of sp³-hybridized carbons (Fsp3) is 0.278. The van der Waals surface area contributed by atoms with Crippen LogP contribution < -0.4 is 71.2 Å². The number of hydrogen-bond donors (Lipinski definition) is 0. The fourth-order valence-electron chi connectivity index (χ4n) is 10.2. The van der Waals surface area contributed by atoms with Crippen LogP contribution in [0.5, 0.6) is 23.0 Å². The van der Waals surface area contributed by atoms with Gasteiger partial charge in [0.25, 0.3) is 0 Å². The maximum Gasteiger partial charge on any atom is 0.173 e. The molecule has 20 bridgehead atoms. The van der Waals surface area contributed by atoms with Crippen LogP contribution in [0.1, 0.15) is 22.3 Å². The molecule has 0 spiro atoms. The summed E-state index contributed by atoms with van der Waals surface area (Å²) in [6.45, 7) is 11.0. The summed E-state index contributed by atoms with van der Waals surface area (Å²) in [5.41, 5.74) is 10.1. The van der Waals surface area contributed by atoms with Crippen molar-refractivity contribution < 1.29 is 150 Å². The maximum absolute atomic E-state index is 10.7. The minimum absolute atomic E-state index is 0. The Hall–Kier alpha value is -7.62. The van der Waals surface area contributed by atoms with Gasteiger partial charge in [-0.05, 0) is 81.6 Å². The molecular formula is C72H76Br2F12N4O10P2. The molecule has 0 fully saturated rings. The van der Waals surface area contributed by atoms with Crippen molar-refractivity contribution in [3.8, 4) is 45.3 Å². The minimum Gasteiger partial charge on any atom is -1.00 e. The van der Waals surface area contributed by atoms with Gasteiger partial charge in [0, 0.05) is 81.6 Å². The molecule has 0 saturated heterocycles. The SMILES string of the molecule is F[P-](F)(F)(F)(F)F.F[P-](F)(F)(F)(F)F.[Br-].[Br-].c1cc2c3ccc(cc3c1)OCCOCCOCCOCCOc1ccc3c(cccc3c1)OCCOCCOCCOCCO2.c1cc2ccc1C[n+]1ccc(cc1)-c1cc[n+](cc1)Cc1ccc(cc1)C[n+]1ccc(cc1)-c1cc[n+](cc1)C2. The van der Waals surface area contributed by atoms with E-state index in [-0.39, 0.29) is 34.0 Å². The monoisotopic (exact) mass is 1600 g/mol. The van der Waals surface area contributed by atoms with Crippen LogP contribution in [0.15, 0.2) is 219 Å². The molecule has 30 rings (SSSR count). The van der Waals surface area contributed by atoms with Gasteiger partial charge in [-0.25, -0.2) is 18.3 Å². The first-order chi connectivity index (χ1) is 47.5. The average Bonchev–Trinajstić information content (AvgIpc) is 0.796. The van der Waals surface area contributed by atoms with Crippen molar-refractivity contribution in [3.63, 3.8) is 0 Å². The van der Waals surface area contributed by atoms with Gasteiger partial charge in [-0.3, -0.25) is 0 Å². The van der Waals surface area contributed by atoms with Crippen LogP contribution in [0, 0.1) is 0 Å². The molecule has 102 heavy (non-hydrogen) atoms. The molecular weight excluding hydrogens is 1530 g/mol. The van der Waals surface area contributed by atoms with Gasteiger partial charge in [0.15, 0.2) is 75.8 Å². The molecule has 0 atom stereocenters. The minimum atomic E-state index is -10.7. The number of hydrogen-bond acceptors (Lipinski definition) is 10. The number of pyridine rings is 4. The van der Waals surface area contributed by atoms with Gasteiger partial charge in [-0.1, -0.05) is 72.8 Å². The second-order valence-electron chi connectivity index (χ2n) is 22.9. The Bertz CT molecular complexity index is 3790. The van der Waals surface area contributed by atoms with Crippen LogP contribution >= 0.6 is 15.6 Å². The van der Waals surface area contributed by atoms with E-state index >= 15 is 0 Å². The number of benzene rings is 6. The summed E-state index contributed by atoms with van der Waals surface area (Å²) in [5, 5.41) is 4.13. The van der Waals surface area contributed by atoms with E-state index in [9.17, 15) is 50.4 Å². The van der Waals surface area contributed by atoms with Crippen molar-refractivity contribution in [3.05, 3.63) is 242 Å². The van der Waals surface area contributed by atoms with E-state index < -0.39 is 15.6 Å². The molecule has 6 aromatic carbocycles. The quantitative estimate of drug-likeness (QED) is 0.0827. The zero-order chi connectivity index (χ0) is 71.0. The first-order valence-electron chi connectivity index (χ1n) is 31.8. The predicted octanol–water partition coefficient (Wildman–Crippen LogP) is 10.8. The molecule has 10 aromatic rings. The Morgan fingerprint density at radius 1 is 0.245 bits per heavy atom. The fourth-order valence-corrected chi connectivity index (χ4v) is 10.2. The molecule has 0 amide bonds. The van der Waals surface area contributed by atoms with Crippen LogP contribution in [0.25, 0.3) is 43.8 Å². The van der Waals surface area contributed by atoms with Gasteiger partial charge in [0.05, 0.1) is 79.3 Å². The van der Waals surface area contributed by atoms with E-state index in [2.05, 4.69) is 165 Å². The van der Waals surface area contributed by atoms with E-state index in [1.807, 2.05) is 72.8 Å². The summed E-state index contributed by atoms with van der Waals surface area (Å²) in [5.74, 6) is 3.19. The number of halogens is 14. The molecule has 24 heterocycles. The standard InChI is InChI=1S/C36H32N4.C36H44O10.2BrH.2F6P/c1-2-30-4-3-29(1)25-37-17-9-33(10-18-37)35-13-21-39(22-14-35)27-31-5-7-32(8-6-31)28-40-23-15-36(16-24-40)34-11-19-38(26-30)20-12-34;1-3-29-27-31-7-9-33(29)35(5-1)45-25-21-41-17-13-38-14-18-42-22-26-46-36-6-2-4-30-28-32(8-10-34(30)36)44-24-20-40-16-12-37-11-15-39-19-23-43-31;;;2*1-7(2,3,4,5)6/h1-24H,25-28H2;1-10,27-28H,11-26H2;2*1H;;/q+4;;;;2*-1/p-2. The maximum atomic E-state index is 9.87. The van der Waals surface area contributed by atoms with Crippen molar-refractivity contribution in [1.82, 2.24) is 0 Å². The van der Waals surface area contributed by atoms with Crippen molar-refractivity contribution >= 4 is 37.2 Å². The second kappa shape index (κ2) is 36.2. The smallest absolute Gasteiger partial charge is 0.173 e. The van der Waals surface area contributed by atoms with Crippen LogP contribution in [0.2, 0.25) is 0 Å². The summed E-state index contributed by atoms with van der Waals surface area (Å²) in [6, 6.07) is 59.4. The molecule has 552 valence electrons. The van der Waals surface area contributed by atoms with Gasteiger partial charge in [-0.2, -0.15) is 0 Å². The Morgan fingerprint density at radius 3 is 0.696 bits per heavy atom. The van der Waals surface area contributed by atoms with E-state index in [0.29, 0.717) is 106 Å². The summed E-state index contributed by atoms with van der Waals surface area (Å²) in [6.07, 6.45) is 17.4. The van der Waals surface area contributed by atoms with Crippen LogP contribution in [-0.4, -0.2) is 106 Å². The van der Waals surface area contributed by atoms with Gasteiger partial charge in [0.2, 0.25) is 0 Å².